The van der Waals surface area contributed by atoms with Crippen molar-refractivity contribution >= 4 is 39.3 Å². The topological polar surface area (TPSA) is 119 Å². The Balaban J connectivity index is 0.818. The van der Waals surface area contributed by atoms with Crippen LogP contribution in [0.25, 0.3) is 32.9 Å². The number of piperazine rings is 1. The van der Waals surface area contributed by atoms with Gasteiger partial charge in [-0.05, 0) is 105 Å². The number of nitrogens with zero attached hydrogens (tertiary/aromatic N) is 7. The average molecular weight is 932 g/mol. The molecule has 5 atom stereocenters. The van der Waals surface area contributed by atoms with Gasteiger partial charge in [0.05, 0.1) is 16.5 Å². The summed E-state index contributed by atoms with van der Waals surface area (Å²) in [5.74, 6) is 1.99. The number of benzene rings is 3. The van der Waals surface area contributed by atoms with Crippen LogP contribution in [0.4, 0.5) is 14.6 Å². The van der Waals surface area contributed by atoms with Gasteiger partial charge in [0, 0.05) is 80.6 Å². The number of rotatable bonds is 13. The zero-order chi connectivity index (χ0) is 47.6. The maximum absolute atomic E-state index is 17.3. The second-order valence-electron chi connectivity index (χ2n) is 20.2. The zero-order valence-corrected chi connectivity index (χ0v) is 39.3. The van der Waals surface area contributed by atoms with Crippen LogP contribution in [0.2, 0.25) is 0 Å². The average Bonchev–Trinajstić information content (AvgIpc) is 4.09. The second kappa shape index (κ2) is 18.2. The number of pyridine rings is 1. The van der Waals surface area contributed by atoms with Crippen molar-refractivity contribution in [2.45, 2.75) is 100.0 Å². The van der Waals surface area contributed by atoms with E-state index in [2.05, 4.69) is 55.5 Å². The largest absolute Gasteiger partial charge is 0.461 e. The van der Waals surface area contributed by atoms with Gasteiger partial charge in [-0.2, -0.15) is 9.97 Å². The van der Waals surface area contributed by atoms with E-state index in [9.17, 15) is 9.59 Å². The van der Waals surface area contributed by atoms with E-state index in [4.69, 9.17) is 21.1 Å². The van der Waals surface area contributed by atoms with Crippen molar-refractivity contribution in [1.29, 1.82) is 0 Å². The van der Waals surface area contributed by atoms with E-state index in [0.717, 1.165) is 89.8 Å². The molecule has 356 valence electrons. The number of allylic oxidation sites excluding steroid dienone is 1. The number of hydrogen-bond donors (Lipinski definition) is 2. The number of ether oxygens (including phenoxy) is 1. The molecule has 5 saturated heterocycles. The first-order valence-corrected chi connectivity index (χ1v) is 24.7. The molecule has 12 nitrogen and oxygen atoms in total. The summed E-state index contributed by atoms with van der Waals surface area (Å²) in [6.07, 6.45) is 17.3. The van der Waals surface area contributed by atoms with Crippen LogP contribution in [0.15, 0.2) is 79.5 Å². The van der Waals surface area contributed by atoms with Crippen LogP contribution in [0.1, 0.15) is 90.8 Å². The molecule has 69 heavy (non-hydrogen) atoms. The Morgan fingerprint density at radius 1 is 1.04 bits per heavy atom. The maximum Gasteiger partial charge on any atom is 0.319 e. The van der Waals surface area contributed by atoms with Crippen molar-refractivity contribution in [2.75, 3.05) is 57.8 Å². The van der Waals surface area contributed by atoms with E-state index in [1.807, 2.05) is 18.2 Å². The number of piperidine rings is 1. The summed E-state index contributed by atoms with van der Waals surface area (Å²) in [6, 6.07) is 14.9. The van der Waals surface area contributed by atoms with Gasteiger partial charge < -0.3 is 30.1 Å². The number of aromatic nitrogens is 3. The van der Waals surface area contributed by atoms with Crippen LogP contribution in [0, 0.1) is 24.0 Å². The first-order valence-electron chi connectivity index (χ1n) is 24.7. The highest BCUT2D eigenvalue weighted by molar-refractivity contribution is 6.03. The minimum atomic E-state index is -0.640. The minimum absolute atomic E-state index is 0.0334. The van der Waals surface area contributed by atoms with Crippen LogP contribution in [-0.2, 0) is 11.3 Å². The molecule has 2 bridgehead atoms. The van der Waals surface area contributed by atoms with Crippen LogP contribution in [0.5, 0.6) is 6.01 Å². The molecule has 5 unspecified atom stereocenters. The molecule has 2 N–H and O–H groups in total. The van der Waals surface area contributed by atoms with E-state index in [0.29, 0.717) is 83.1 Å². The number of terminal acetylenes is 1. The second-order valence-corrected chi connectivity index (χ2v) is 20.2. The number of amides is 2. The third kappa shape index (κ3) is 8.02. The van der Waals surface area contributed by atoms with Crippen LogP contribution < -0.4 is 20.3 Å². The normalized spacial score (nSPS) is 24.2. The Hall–Kier alpha value is -6.27. The van der Waals surface area contributed by atoms with Gasteiger partial charge in [0.25, 0.3) is 5.91 Å². The predicted octanol–water partition coefficient (Wildman–Crippen LogP) is 7.50. The Bertz CT molecular complexity index is 2940. The lowest BCUT2D eigenvalue weighted by atomic mass is 9.85. The van der Waals surface area contributed by atoms with Crippen LogP contribution >= 0.6 is 0 Å². The molecule has 8 heterocycles. The molecule has 0 saturated carbocycles. The molecule has 5 fully saturated rings. The van der Waals surface area contributed by atoms with Crippen LogP contribution in [-0.4, -0.2) is 124 Å². The van der Waals surface area contributed by atoms with Crippen molar-refractivity contribution in [3.05, 3.63) is 113 Å². The molecule has 5 aromatic rings. The molecular weight excluding hydrogens is 873 g/mol. The number of likely N-dealkylation sites (N-methyl/N-ethyl adjacent to an activating group) is 1. The fourth-order valence-electron chi connectivity index (χ4n) is 12.8. The van der Waals surface area contributed by atoms with Gasteiger partial charge in [-0.15, -0.1) is 13.0 Å². The van der Waals surface area contributed by atoms with Gasteiger partial charge in [-0.25, -0.2) is 8.78 Å². The van der Waals surface area contributed by atoms with Crippen molar-refractivity contribution < 1.29 is 23.1 Å². The van der Waals surface area contributed by atoms with Gasteiger partial charge in [-0.3, -0.25) is 19.5 Å². The van der Waals surface area contributed by atoms with Gasteiger partial charge in [0.1, 0.15) is 35.5 Å². The number of carbonyl (C=O) groups excluding carboxylic acids is 2. The molecule has 0 spiro atoms. The molecule has 11 rings (SSSR count). The lowest BCUT2D eigenvalue weighted by molar-refractivity contribution is -0.125. The van der Waals surface area contributed by atoms with Crippen molar-refractivity contribution in [1.82, 2.24) is 40.3 Å². The molecule has 14 heteroatoms. The molecule has 3 aromatic carbocycles. The molecule has 6 aliphatic rings. The number of likely N-dealkylation sites (tertiary alicyclic amines) is 1. The minimum Gasteiger partial charge on any atom is -0.461 e. The molecule has 2 aromatic heterocycles. The highest BCUT2D eigenvalue weighted by Gasteiger charge is 2.52. The molecule has 6 aliphatic heterocycles. The van der Waals surface area contributed by atoms with E-state index in [1.165, 1.54) is 17.2 Å². The van der Waals surface area contributed by atoms with Crippen LogP contribution in [0.3, 0.4) is 0 Å². The fraction of sp³-hybridized carbons (Fsp3) is 0.436. The summed E-state index contributed by atoms with van der Waals surface area (Å²) in [6.45, 7) is 14.1. The number of anilines is 1. The molecular formula is C55H59F2N9O3. The van der Waals surface area contributed by atoms with Gasteiger partial charge in [0.15, 0.2) is 5.82 Å². The number of nitrogens with one attached hydrogen (secondary N) is 2. The summed E-state index contributed by atoms with van der Waals surface area (Å²) in [5.41, 5.74) is 4.46. The Morgan fingerprint density at radius 3 is 2.59 bits per heavy atom. The molecule has 2 amide bonds. The van der Waals surface area contributed by atoms with Gasteiger partial charge in [-0.1, -0.05) is 60.5 Å². The Morgan fingerprint density at radius 2 is 1.83 bits per heavy atom. The summed E-state index contributed by atoms with van der Waals surface area (Å²) >= 11 is 0. The maximum atomic E-state index is 17.3. The zero-order valence-electron chi connectivity index (χ0n) is 39.3. The first kappa shape index (κ1) is 45.2. The number of halogens is 2. The lowest BCUT2D eigenvalue weighted by Crippen LogP contribution is -2.51. The SMILES string of the molecule is C#Cc1c(F)ccc2cccc(-c3ncc4c(N5CC6CCC(C5)N6)nc(OCC56CCC(CN7CCC(c8cccc9c8CN(C(CCC=C)C(=O)NC)C9=O)CC7)N5CC(=C)C6)nc4c3F)c12. The highest BCUT2D eigenvalue weighted by atomic mass is 19.1. The monoisotopic (exact) mass is 931 g/mol. The number of fused-ring (bicyclic) bond motifs is 6. The van der Waals surface area contributed by atoms with E-state index < -0.39 is 17.7 Å². The highest BCUT2D eigenvalue weighted by Crippen LogP contribution is 2.46. The van der Waals surface area contributed by atoms with E-state index in [1.54, 1.807) is 42.4 Å². The Kier molecular flexibility index (Phi) is 11.9. The molecule has 0 radical (unpaired) electrons. The van der Waals surface area contributed by atoms with E-state index in [-0.39, 0.29) is 40.1 Å². The van der Waals surface area contributed by atoms with Gasteiger partial charge >= 0.3 is 6.01 Å². The third-order valence-corrected chi connectivity index (χ3v) is 16.1. The summed E-state index contributed by atoms with van der Waals surface area (Å²) < 4.78 is 39.1. The summed E-state index contributed by atoms with van der Waals surface area (Å²) in [7, 11) is 1.62. The van der Waals surface area contributed by atoms with E-state index >= 15 is 8.78 Å². The summed E-state index contributed by atoms with van der Waals surface area (Å²) in [5, 5.41) is 8.05. The van der Waals surface area contributed by atoms with Crippen molar-refractivity contribution in [2.24, 2.45) is 0 Å². The third-order valence-electron chi connectivity index (χ3n) is 16.1. The lowest BCUT2D eigenvalue weighted by Gasteiger charge is -2.38. The van der Waals surface area contributed by atoms with Crippen molar-refractivity contribution in [3.63, 3.8) is 0 Å². The number of carbonyl (C=O) groups is 2. The van der Waals surface area contributed by atoms with Crippen molar-refractivity contribution in [3.8, 4) is 29.6 Å². The Labute approximate surface area is 402 Å². The predicted molar refractivity (Wildman–Crippen MR) is 264 cm³/mol. The molecule has 0 aliphatic carbocycles. The smallest absolute Gasteiger partial charge is 0.319 e. The quantitative estimate of drug-likeness (QED) is 0.0908. The summed E-state index contributed by atoms with van der Waals surface area (Å²) in [4.78, 5) is 50.3. The number of hydrogen-bond acceptors (Lipinski definition) is 10. The van der Waals surface area contributed by atoms with Gasteiger partial charge in [0.2, 0.25) is 5.91 Å². The fourth-order valence-corrected chi connectivity index (χ4v) is 12.8. The standard InChI is InChI=1S/C55H59F2N9O3/c1-5-7-14-46(52(67)58-4)65-31-44-40(11-9-12-41(44)53(65)68)34-20-23-63(24-21-34)30-38-19-22-55(25-33(3)27-66(38)55)32-69-54-61-50-43(51(62-54)64-28-36-16-17-37(29-64)60-36)26-59-49(48(50)57)42-13-8-10-35-15-18-45(56)39(6-2)47(35)42/h2,5,8-13,15,18,26,34,36-38,46,60H,1,3,7,14,16-17,19-25,27-32H2,4H3,(H,58,67). The first-order chi connectivity index (χ1) is 33.6.